The van der Waals surface area contributed by atoms with Gasteiger partial charge in [0.2, 0.25) is 10.0 Å². The van der Waals surface area contributed by atoms with Crippen LogP contribution < -0.4 is 5.73 Å². The van der Waals surface area contributed by atoms with Gasteiger partial charge in [-0.25, -0.2) is 12.8 Å². The van der Waals surface area contributed by atoms with Gasteiger partial charge in [-0.1, -0.05) is 29.8 Å². The molecule has 0 amide bonds. The predicted molar refractivity (Wildman–Crippen MR) is 80.6 cm³/mol. The number of rotatable bonds is 4. The quantitative estimate of drug-likeness (QED) is 0.883. The zero-order chi connectivity index (χ0) is 15.6. The van der Waals surface area contributed by atoms with Crippen molar-refractivity contribution >= 4 is 15.7 Å². The van der Waals surface area contributed by atoms with Gasteiger partial charge in [0.15, 0.2) is 0 Å². The first-order valence-corrected chi connectivity index (χ1v) is 7.81. The average molecular weight is 308 g/mol. The molecule has 0 fully saturated rings. The van der Waals surface area contributed by atoms with Crippen LogP contribution in [0.5, 0.6) is 0 Å². The molecule has 0 atom stereocenters. The molecule has 0 aliphatic carbocycles. The molecule has 2 N–H and O–H groups in total. The summed E-state index contributed by atoms with van der Waals surface area (Å²) in [5, 5.41) is 0. The number of halogens is 1. The van der Waals surface area contributed by atoms with E-state index >= 15 is 0 Å². The standard InChI is InChI=1S/C15H17FN2O2S/c1-11-4-3-5-12(8-11)10-18(2)21(19,20)15-7-6-13(16)9-14(15)17/h3-9H,10,17H2,1-2H3. The number of hydrogen-bond acceptors (Lipinski definition) is 3. The van der Waals surface area contributed by atoms with Gasteiger partial charge in [-0.15, -0.1) is 0 Å². The van der Waals surface area contributed by atoms with Crippen LogP contribution in [0.25, 0.3) is 0 Å². The van der Waals surface area contributed by atoms with Gasteiger partial charge in [-0.3, -0.25) is 0 Å². The molecule has 2 aromatic carbocycles. The van der Waals surface area contributed by atoms with Crippen LogP contribution in [0, 0.1) is 12.7 Å². The molecule has 0 aliphatic rings. The lowest BCUT2D eigenvalue weighted by molar-refractivity contribution is 0.467. The number of anilines is 1. The van der Waals surface area contributed by atoms with Crippen molar-refractivity contribution in [2.75, 3.05) is 12.8 Å². The van der Waals surface area contributed by atoms with Crippen LogP contribution in [-0.4, -0.2) is 19.8 Å². The Morgan fingerprint density at radius 3 is 2.52 bits per heavy atom. The molecule has 21 heavy (non-hydrogen) atoms. The van der Waals surface area contributed by atoms with Crippen molar-refractivity contribution in [1.82, 2.24) is 4.31 Å². The van der Waals surface area contributed by atoms with Crippen LogP contribution >= 0.6 is 0 Å². The molecule has 2 rings (SSSR count). The fourth-order valence-electron chi connectivity index (χ4n) is 2.07. The molecule has 0 radical (unpaired) electrons. The second-order valence-electron chi connectivity index (χ2n) is 4.93. The van der Waals surface area contributed by atoms with E-state index in [1.54, 1.807) is 0 Å². The van der Waals surface area contributed by atoms with Crippen LogP contribution in [0.3, 0.4) is 0 Å². The highest BCUT2D eigenvalue weighted by Crippen LogP contribution is 2.23. The molecule has 0 heterocycles. The summed E-state index contributed by atoms with van der Waals surface area (Å²) in [4.78, 5) is -0.0842. The smallest absolute Gasteiger partial charge is 0.245 e. The zero-order valence-electron chi connectivity index (χ0n) is 11.9. The van der Waals surface area contributed by atoms with Crippen LogP contribution in [-0.2, 0) is 16.6 Å². The van der Waals surface area contributed by atoms with Gasteiger partial charge in [-0.05, 0) is 30.7 Å². The molecule has 0 spiro atoms. The fraction of sp³-hybridized carbons (Fsp3) is 0.200. The van der Waals surface area contributed by atoms with Gasteiger partial charge in [0, 0.05) is 13.6 Å². The molecule has 0 saturated carbocycles. The van der Waals surface area contributed by atoms with E-state index in [-0.39, 0.29) is 17.1 Å². The maximum absolute atomic E-state index is 13.0. The van der Waals surface area contributed by atoms with Crippen LogP contribution in [0.15, 0.2) is 47.4 Å². The Kier molecular flexibility index (Phi) is 4.29. The lowest BCUT2D eigenvalue weighted by Gasteiger charge is -2.18. The van der Waals surface area contributed by atoms with E-state index in [0.29, 0.717) is 0 Å². The number of sulfonamides is 1. The third-order valence-electron chi connectivity index (χ3n) is 3.15. The summed E-state index contributed by atoms with van der Waals surface area (Å²) >= 11 is 0. The summed E-state index contributed by atoms with van der Waals surface area (Å²) in [6, 6.07) is 10.9. The van der Waals surface area contributed by atoms with Gasteiger partial charge in [-0.2, -0.15) is 4.31 Å². The van der Waals surface area contributed by atoms with E-state index in [9.17, 15) is 12.8 Å². The van der Waals surface area contributed by atoms with Gasteiger partial charge < -0.3 is 5.73 Å². The van der Waals surface area contributed by atoms with E-state index in [0.717, 1.165) is 23.3 Å². The summed E-state index contributed by atoms with van der Waals surface area (Å²) < 4.78 is 39.2. The summed E-state index contributed by atoms with van der Waals surface area (Å²) in [6.07, 6.45) is 0. The normalized spacial score (nSPS) is 11.8. The second-order valence-corrected chi connectivity index (χ2v) is 6.95. The molecule has 6 heteroatoms. The van der Waals surface area contributed by atoms with E-state index in [2.05, 4.69) is 0 Å². The highest BCUT2D eigenvalue weighted by molar-refractivity contribution is 7.89. The largest absolute Gasteiger partial charge is 0.398 e. The van der Waals surface area contributed by atoms with Gasteiger partial charge in [0.25, 0.3) is 0 Å². The topological polar surface area (TPSA) is 63.4 Å². The highest BCUT2D eigenvalue weighted by atomic mass is 32.2. The minimum absolute atomic E-state index is 0.0842. The second kappa shape index (κ2) is 5.83. The highest BCUT2D eigenvalue weighted by Gasteiger charge is 2.23. The lowest BCUT2D eigenvalue weighted by atomic mass is 10.1. The Morgan fingerprint density at radius 2 is 1.90 bits per heavy atom. The molecule has 2 aromatic rings. The number of hydrogen-bond donors (Lipinski definition) is 1. The van der Waals surface area contributed by atoms with Crippen molar-refractivity contribution in [3.05, 3.63) is 59.4 Å². The Balaban J connectivity index is 2.30. The Bertz CT molecular complexity index is 760. The van der Waals surface area contributed by atoms with Crippen molar-refractivity contribution in [2.24, 2.45) is 0 Å². The average Bonchev–Trinajstić information content (AvgIpc) is 2.38. The fourth-order valence-corrected chi connectivity index (χ4v) is 3.33. The number of nitrogens with zero attached hydrogens (tertiary/aromatic N) is 1. The zero-order valence-corrected chi connectivity index (χ0v) is 12.7. The monoisotopic (exact) mass is 308 g/mol. The van der Waals surface area contributed by atoms with Crippen LogP contribution in [0.2, 0.25) is 0 Å². The summed E-state index contributed by atoms with van der Waals surface area (Å²) in [5.74, 6) is -0.562. The summed E-state index contributed by atoms with van der Waals surface area (Å²) in [7, 11) is -2.28. The van der Waals surface area contributed by atoms with Crippen LogP contribution in [0.1, 0.15) is 11.1 Å². The first-order valence-electron chi connectivity index (χ1n) is 6.37. The molecule has 0 bridgehead atoms. The Labute approximate surface area is 124 Å². The maximum Gasteiger partial charge on any atom is 0.245 e. The van der Waals surface area contributed by atoms with Crippen LogP contribution in [0.4, 0.5) is 10.1 Å². The maximum atomic E-state index is 13.0. The van der Waals surface area contributed by atoms with Crippen molar-refractivity contribution in [2.45, 2.75) is 18.4 Å². The first-order chi connectivity index (χ1) is 9.80. The number of nitrogens with two attached hydrogens (primary N) is 1. The Morgan fingerprint density at radius 1 is 1.19 bits per heavy atom. The van der Waals surface area contributed by atoms with Gasteiger partial charge in [0.1, 0.15) is 10.7 Å². The van der Waals surface area contributed by atoms with E-state index in [1.807, 2.05) is 31.2 Å². The van der Waals surface area contributed by atoms with Crippen molar-refractivity contribution in [3.8, 4) is 0 Å². The molecule has 0 saturated heterocycles. The van der Waals surface area contributed by atoms with E-state index in [4.69, 9.17) is 5.73 Å². The lowest BCUT2D eigenvalue weighted by Crippen LogP contribution is -2.27. The number of aryl methyl sites for hydroxylation is 1. The minimum Gasteiger partial charge on any atom is -0.398 e. The minimum atomic E-state index is -3.76. The van der Waals surface area contributed by atoms with Crippen molar-refractivity contribution in [3.63, 3.8) is 0 Å². The molecule has 0 aliphatic heterocycles. The predicted octanol–water partition coefficient (Wildman–Crippen LogP) is 2.54. The van der Waals surface area contributed by atoms with E-state index in [1.165, 1.54) is 17.4 Å². The van der Waals surface area contributed by atoms with Gasteiger partial charge >= 0.3 is 0 Å². The SMILES string of the molecule is Cc1cccc(CN(C)S(=O)(=O)c2ccc(F)cc2N)c1. The molecule has 4 nitrogen and oxygen atoms in total. The molecule has 0 aromatic heterocycles. The number of benzene rings is 2. The van der Waals surface area contributed by atoms with Crippen molar-refractivity contribution in [1.29, 1.82) is 0 Å². The van der Waals surface area contributed by atoms with E-state index < -0.39 is 15.8 Å². The molecular formula is C15H17FN2O2S. The third kappa shape index (κ3) is 3.40. The first kappa shape index (κ1) is 15.5. The summed E-state index contributed by atoms with van der Waals surface area (Å²) in [6.45, 7) is 2.16. The number of nitrogen functional groups attached to an aromatic ring is 1. The molecule has 0 unspecified atom stereocenters. The third-order valence-corrected chi connectivity index (χ3v) is 5.03. The molecule has 112 valence electrons. The van der Waals surface area contributed by atoms with Gasteiger partial charge in [0.05, 0.1) is 5.69 Å². The molecular weight excluding hydrogens is 291 g/mol. The summed E-state index contributed by atoms with van der Waals surface area (Å²) in [5.41, 5.74) is 7.46. The Hall–Kier alpha value is -1.92. The van der Waals surface area contributed by atoms with Crippen molar-refractivity contribution < 1.29 is 12.8 Å².